The maximum Gasteiger partial charge on any atom is 0.286 e. The molecular weight excluding hydrogens is 180 g/mol. The van der Waals surface area contributed by atoms with Crippen LogP contribution in [0.2, 0.25) is 0 Å². The van der Waals surface area contributed by atoms with Crippen LogP contribution in [0.25, 0.3) is 0 Å². The van der Waals surface area contributed by atoms with Crippen LogP contribution in [0, 0.1) is 34.8 Å². The average molecular weight is 186 g/mol. The van der Waals surface area contributed by atoms with Crippen molar-refractivity contribution in [2.75, 3.05) is 5.73 Å². The van der Waals surface area contributed by atoms with E-state index in [1.54, 1.807) is 0 Å². The molecule has 0 atom stereocenters. The number of terminal acetylenes is 2. The number of nitro benzene ring substituents is 1. The second-order valence-electron chi connectivity index (χ2n) is 2.47. The van der Waals surface area contributed by atoms with Crippen LogP contribution < -0.4 is 5.73 Å². The predicted molar refractivity (Wildman–Crippen MR) is 53.4 cm³/mol. The monoisotopic (exact) mass is 186 g/mol. The van der Waals surface area contributed by atoms with Gasteiger partial charge in [-0.15, -0.1) is 12.8 Å². The topological polar surface area (TPSA) is 69.2 Å². The summed E-state index contributed by atoms with van der Waals surface area (Å²) in [5, 5.41) is 10.6. The summed E-state index contributed by atoms with van der Waals surface area (Å²) in [5.41, 5.74) is 5.84. The highest BCUT2D eigenvalue weighted by Gasteiger charge is 2.16. The Labute approximate surface area is 80.9 Å². The Morgan fingerprint density at radius 3 is 2.29 bits per heavy atom. The molecule has 0 aromatic heterocycles. The third-order valence-corrected chi connectivity index (χ3v) is 1.70. The fourth-order valence-electron chi connectivity index (χ4n) is 1.06. The van der Waals surface area contributed by atoms with Crippen molar-refractivity contribution >= 4 is 11.4 Å². The molecule has 0 aliphatic heterocycles. The van der Waals surface area contributed by atoms with Crippen molar-refractivity contribution in [3.63, 3.8) is 0 Å². The highest BCUT2D eigenvalue weighted by Crippen LogP contribution is 2.25. The first-order valence-electron chi connectivity index (χ1n) is 3.62. The molecule has 0 amide bonds. The Morgan fingerprint density at radius 2 is 1.86 bits per heavy atom. The van der Waals surface area contributed by atoms with Crippen LogP contribution in [-0.2, 0) is 0 Å². The number of hydrogen-bond donors (Lipinski definition) is 1. The molecule has 0 fully saturated rings. The van der Waals surface area contributed by atoms with Crippen molar-refractivity contribution in [3.8, 4) is 24.7 Å². The molecule has 0 heterocycles. The number of hydrogen-bond acceptors (Lipinski definition) is 3. The molecule has 1 aromatic carbocycles. The Balaban J connectivity index is 3.61. The van der Waals surface area contributed by atoms with Crippen LogP contribution in [0.4, 0.5) is 11.4 Å². The van der Waals surface area contributed by atoms with Crippen LogP contribution in [-0.4, -0.2) is 4.92 Å². The van der Waals surface area contributed by atoms with E-state index >= 15 is 0 Å². The van der Waals surface area contributed by atoms with E-state index in [2.05, 4.69) is 11.8 Å². The largest absolute Gasteiger partial charge is 0.398 e. The van der Waals surface area contributed by atoms with Gasteiger partial charge in [0.05, 0.1) is 10.5 Å². The summed E-state index contributed by atoms with van der Waals surface area (Å²) in [5.74, 6) is 4.41. The minimum Gasteiger partial charge on any atom is -0.398 e. The minimum atomic E-state index is -0.588. The van der Waals surface area contributed by atoms with Crippen molar-refractivity contribution in [2.45, 2.75) is 0 Å². The van der Waals surface area contributed by atoms with Gasteiger partial charge in [0.1, 0.15) is 5.56 Å². The lowest BCUT2D eigenvalue weighted by Crippen LogP contribution is -1.99. The fraction of sp³-hybridized carbons (Fsp3) is 0. The molecule has 0 aliphatic rings. The van der Waals surface area contributed by atoms with Gasteiger partial charge in [0.15, 0.2) is 0 Å². The third kappa shape index (κ3) is 1.37. The molecule has 4 nitrogen and oxygen atoms in total. The molecule has 0 saturated heterocycles. The number of rotatable bonds is 1. The van der Waals surface area contributed by atoms with Gasteiger partial charge < -0.3 is 5.73 Å². The number of benzene rings is 1. The van der Waals surface area contributed by atoms with E-state index in [0.29, 0.717) is 0 Å². The standard InChI is InChI=1S/C10H6N2O2/c1-3-7-8(4-2)10(12(13)14)6-5-9(7)11/h1-2,5-6H,11H2. The number of nitrogen functional groups attached to an aromatic ring is 1. The number of nitrogens with zero attached hydrogens (tertiary/aromatic N) is 1. The molecule has 0 spiro atoms. The second kappa shape index (κ2) is 3.51. The summed E-state index contributed by atoms with van der Waals surface area (Å²) in [4.78, 5) is 9.97. The molecule has 0 saturated carbocycles. The van der Waals surface area contributed by atoms with Crippen LogP contribution in [0.1, 0.15) is 11.1 Å². The summed E-state index contributed by atoms with van der Waals surface area (Å²) in [6.07, 6.45) is 10.3. The van der Waals surface area contributed by atoms with E-state index in [9.17, 15) is 10.1 Å². The van der Waals surface area contributed by atoms with Crippen molar-refractivity contribution in [3.05, 3.63) is 33.4 Å². The number of nitrogens with two attached hydrogens (primary N) is 1. The summed E-state index contributed by atoms with van der Waals surface area (Å²) < 4.78 is 0. The van der Waals surface area contributed by atoms with Gasteiger partial charge >= 0.3 is 0 Å². The molecule has 0 radical (unpaired) electrons. The van der Waals surface area contributed by atoms with Crippen LogP contribution >= 0.6 is 0 Å². The van der Waals surface area contributed by atoms with E-state index < -0.39 is 4.92 Å². The first-order chi connectivity index (χ1) is 6.61. The highest BCUT2D eigenvalue weighted by molar-refractivity contribution is 5.69. The summed E-state index contributed by atoms with van der Waals surface area (Å²) in [6.45, 7) is 0. The number of nitro groups is 1. The van der Waals surface area contributed by atoms with Gasteiger partial charge in [-0.25, -0.2) is 0 Å². The highest BCUT2D eigenvalue weighted by atomic mass is 16.6. The molecule has 68 valence electrons. The zero-order chi connectivity index (χ0) is 10.7. The molecule has 0 bridgehead atoms. The lowest BCUT2D eigenvalue weighted by atomic mass is 10.0. The van der Waals surface area contributed by atoms with Crippen molar-refractivity contribution < 1.29 is 4.92 Å². The lowest BCUT2D eigenvalue weighted by Gasteiger charge is -2.02. The van der Waals surface area contributed by atoms with Crippen molar-refractivity contribution in [1.82, 2.24) is 0 Å². The van der Waals surface area contributed by atoms with E-state index in [4.69, 9.17) is 18.6 Å². The van der Waals surface area contributed by atoms with Gasteiger partial charge in [-0.05, 0) is 6.07 Å². The maximum absolute atomic E-state index is 10.6. The van der Waals surface area contributed by atoms with E-state index in [1.807, 2.05) is 0 Å². The molecule has 14 heavy (non-hydrogen) atoms. The van der Waals surface area contributed by atoms with Gasteiger partial charge in [-0.1, -0.05) is 11.8 Å². The lowest BCUT2D eigenvalue weighted by molar-refractivity contribution is -0.385. The second-order valence-corrected chi connectivity index (χ2v) is 2.47. The zero-order valence-electron chi connectivity index (χ0n) is 7.15. The summed E-state index contributed by atoms with van der Waals surface area (Å²) >= 11 is 0. The van der Waals surface area contributed by atoms with Crippen molar-refractivity contribution in [2.24, 2.45) is 0 Å². The maximum atomic E-state index is 10.6. The zero-order valence-corrected chi connectivity index (χ0v) is 7.15. The first-order valence-corrected chi connectivity index (χ1v) is 3.62. The SMILES string of the molecule is C#Cc1c(N)ccc([N+](=O)[O-])c1C#C. The van der Waals surface area contributed by atoms with Gasteiger partial charge in [-0.2, -0.15) is 0 Å². The Bertz CT molecular complexity index is 478. The third-order valence-electron chi connectivity index (χ3n) is 1.70. The van der Waals surface area contributed by atoms with Crippen LogP contribution in [0.15, 0.2) is 12.1 Å². The molecule has 1 rings (SSSR count). The first kappa shape index (κ1) is 9.63. The minimum absolute atomic E-state index is 0.0532. The molecule has 0 unspecified atom stereocenters. The molecule has 1 aromatic rings. The fourth-order valence-corrected chi connectivity index (χ4v) is 1.06. The summed E-state index contributed by atoms with van der Waals surface area (Å²) in [7, 11) is 0. The Hall–Kier alpha value is -2.46. The normalized spacial score (nSPS) is 8.71. The van der Waals surface area contributed by atoms with Gasteiger partial charge in [0.2, 0.25) is 0 Å². The van der Waals surface area contributed by atoms with Gasteiger partial charge in [0.25, 0.3) is 5.69 Å². The van der Waals surface area contributed by atoms with Gasteiger partial charge in [0, 0.05) is 11.8 Å². The molecule has 4 heteroatoms. The predicted octanol–water partition coefficient (Wildman–Crippen LogP) is 1.14. The molecular formula is C10H6N2O2. The number of anilines is 1. The smallest absolute Gasteiger partial charge is 0.286 e. The van der Waals surface area contributed by atoms with Crippen LogP contribution in [0.5, 0.6) is 0 Å². The van der Waals surface area contributed by atoms with E-state index in [1.165, 1.54) is 12.1 Å². The quantitative estimate of drug-likeness (QED) is 0.309. The summed E-state index contributed by atoms with van der Waals surface area (Å²) in [6, 6.07) is 2.61. The van der Waals surface area contributed by atoms with Crippen LogP contribution in [0.3, 0.4) is 0 Å². The Kier molecular flexibility index (Phi) is 2.41. The average Bonchev–Trinajstić information content (AvgIpc) is 2.16. The van der Waals surface area contributed by atoms with E-state index in [-0.39, 0.29) is 22.5 Å². The van der Waals surface area contributed by atoms with Crippen molar-refractivity contribution in [1.29, 1.82) is 0 Å². The van der Waals surface area contributed by atoms with E-state index in [0.717, 1.165) is 0 Å². The molecule has 0 aliphatic carbocycles. The molecule has 2 N–H and O–H groups in total. The van der Waals surface area contributed by atoms with Gasteiger partial charge in [-0.3, -0.25) is 10.1 Å². The Morgan fingerprint density at radius 1 is 1.29 bits per heavy atom.